The molecule has 1 aliphatic heterocycles. The van der Waals surface area contributed by atoms with E-state index >= 15 is 0 Å². The van der Waals surface area contributed by atoms with Crippen molar-refractivity contribution in [1.82, 2.24) is 9.80 Å². The molecule has 0 radical (unpaired) electrons. The van der Waals surface area contributed by atoms with Crippen LogP contribution in [0.15, 0.2) is 0 Å². The Hall–Kier alpha value is -0.380. The highest BCUT2D eigenvalue weighted by molar-refractivity contribution is 7.99. The minimum atomic E-state index is 0.141. The molecule has 1 rings (SSSR count). The molecule has 0 bridgehead atoms. The third-order valence-corrected chi connectivity index (χ3v) is 3.19. The fourth-order valence-corrected chi connectivity index (χ4v) is 2.28. The lowest BCUT2D eigenvalue weighted by molar-refractivity contribution is 0.160. The average Bonchev–Trinajstić information content (AvgIpc) is 2.04. The first-order chi connectivity index (χ1) is 5.63. The number of nitrogens with zero attached hydrogens (tertiary/aromatic N) is 2. The number of carbonyl (C=O) groups is 1. The van der Waals surface area contributed by atoms with Crippen molar-refractivity contribution in [1.29, 1.82) is 0 Å². The summed E-state index contributed by atoms with van der Waals surface area (Å²) in [4.78, 5) is 15.1. The second-order valence-electron chi connectivity index (χ2n) is 3.29. The molecule has 1 fully saturated rings. The molecular formula is C8H16N2OS. The highest BCUT2D eigenvalue weighted by Gasteiger charge is 2.24. The van der Waals surface area contributed by atoms with E-state index in [0.29, 0.717) is 6.04 Å². The van der Waals surface area contributed by atoms with E-state index in [1.807, 2.05) is 16.7 Å². The Morgan fingerprint density at radius 2 is 2.25 bits per heavy atom. The summed E-state index contributed by atoms with van der Waals surface area (Å²) >= 11 is 1.92. The van der Waals surface area contributed by atoms with Gasteiger partial charge in [0.1, 0.15) is 0 Å². The summed E-state index contributed by atoms with van der Waals surface area (Å²) in [7, 11) is 3.60. The molecule has 1 saturated heterocycles. The molecule has 1 heterocycles. The second-order valence-corrected chi connectivity index (χ2v) is 4.44. The number of thioether (sulfide) groups is 1. The first-order valence-corrected chi connectivity index (χ1v) is 5.34. The molecular weight excluding hydrogens is 172 g/mol. The lowest BCUT2D eigenvalue weighted by Crippen LogP contribution is -2.48. The minimum Gasteiger partial charge on any atom is -0.331 e. The van der Waals surface area contributed by atoms with Crippen molar-refractivity contribution in [3.63, 3.8) is 0 Å². The fourth-order valence-electron chi connectivity index (χ4n) is 1.27. The van der Waals surface area contributed by atoms with Crippen LogP contribution in [0.1, 0.15) is 6.92 Å². The molecule has 0 aromatic rings. The Balaban J connectivity index is 2.53. The van der Waals surface area contributed by atoms with Gasteiger partial charge in [-0.05, 0) is 6.92 Å². The van der Waals surface area contributed by atoms with Crippen LogP contribution in [0.2, 0.25) is 0 Å². The third kappa shape index (κ3) is 2.06. The summed E-state index contributed by atoms with van der Waals surface area (Å²) < 4.78 is 0. The van der Waals surface area contributed by atoms with Gasteiger partial charge >= 0.3 is 6.03 Å². The van der Waals surface area contributed by atoms with E-state index in [-0.39, 0.29) is 6.03 Å². The van der Waals surface area contributed by atoms with Crippen LogP contribution in [0.25, 0.3) is 0 Å². The fraction of sp³-hybridized carbons (Fsp3) is 0.875. The van der Waals surface area contributed by atoms with E-state index in [4.69, 9.17) is 0 Å². The molecule has 4 heteroatoms. The van der Waals surface area contributed by atoms with E-state index in [1.54, 1.807) is 19.0 Å². The van der Waals surface area contributed by atoms with Gasteiger partial charge in [-0.1, -0.05) is 0 Å². The Labute approximate surface area is 78.1 Å². The number of urea groups is 1. The van der Waals surface area contributed by atoms with E-state index in [9.17, 15) is 4.79 Å². The molecule has 12 heavy (non-hydrogen) atoms. The van der Waals surface area contributed by atoms with Gasteiger partial charge in [0, 0.05) is 38.2 Å². The maximum absolute atomic E-state index is 11.6. The van der Waals surface area contributed by atoms with Gasteiger partial charge in [0.25, 0.3) is 0 Å². The SMILES string of the molecule is CC1CSCCN1C(=O)N(C)C. The van der Waals surface area contributed by atoms with Gasteiger partial charge in [0.05, 0.1) is 0 Å². The topological polar surface area (TPSA) is 23.6 Å². The predicted octanol–water partition coefficient (Wildman–Crippen LogP) is 1.11. The number of hydrogen-bond donors (Lipinski definition) is 0. The predicted molar refractivity (Wildman–Crippen MR) is 52.6 cm³/mol. The number of amides is 2. The third-order valence-electron chi connectivity index (χ3n) is 2.00. The van der Waals surface area contributed by atoms with Crippen molar-refractivity contribution in [3.05, 3.63) is 0 Å². The zero-order valence-electron chi connectivity index (χ0n) is 7.91. The smallest absolute Gasteiger partial charge is 0.319 e. The summed E-state index contributed by atoms with van der Waals surface area (Å²) in [5.74, 6) is 2.14. The van der Waals surface area contributed by atoms with Crippen molar-refractivity contribution in [2.75, 3.05) is 32.1 Å². The maximum atomic E-state index is 11.6. The zero-order chi connectivity index (χ0) is 9.14. The van der Waals surface area contributed by atoms with Gasteiger partial charge in [-0.15, -0.1) is 0 Å². The van der Waals surface area contributed by atoms with Crippen molar-refractivity contribution in [2.24, 2.45) is 0 Å². The van der Waals surface area contributed by atoms with Crippen LogP contribution in [0.3, 0.4) is 0 Å². The van der Waals surface area contributed by atoms with E-state index in [1.165, 1.54) is 0 Å². The maximum Gasteiger partial charge on any atom is 0.319 e. The van der Waals surface area contributed by atoms with Crippen molar-refractivity contribution >= 4 is 17.8 Å². The van der Waals surface area contributed by atoms with E-state index in [0.717, 1.165) is 18.1 Å². The van der Waals surface area contributed by atoms with Gasteiger partial charge in [-0.3, -0.25) is 0 Å². The lowest BCUT2D eigenvalue weighted by atomic mass is 10.3. The Kier molecular flexibility index (Phi) is 3.26. The zero-order valence-corrected chi connectivity index (χ0v) is 8.73. The molecule has 1 atom stereocenters. The molecule has 1 unspecified atom stereocenters. The summed E-state index contributed by atoms with van der Waals surface area (Å²) in [5.41, 5.74) is 0. The standard InChI is InChI=1S/C8H16N2OS/c1-7-6-12-5-4-10(7)8(11)9(2)3/h7H,4-6H2,1-3H3. The number of carbonyl (C=O) groups excluding carboxylic acids is 1. The number of hydrogen-bond acceptors (Lipinski definition) is 2. The molecule has 0 aromatic heterocycles. The normalized spacial score (nSPS) is 23.9. The first kappa shape index (κ1) is 9.71. The molecule has 0 saturated carbocycles. The quantitative estimate of drug-likeness (QED) is 0.568. The van der Waals surface area contributed by atoms with Gasteiger partial charge in [-0.2, -0.15) is 11.8 Å². The lowest BCUT2D eigenvalue weighted by Gasteiger charge is -2.34. The molecule has 0 aliphatic carbocycles. The second kappa shape index (κ2) is 4.03. The van der Waals surface area contributed by atoms with Crippen LogP contribution in [-0.2, 0) is 0 Å². The minimum absolute atomic E-state index is 0.141. The van der Waals surface area contributed by atoms with Crippen molar-refractivity contribution in [3.8, 4) is 0 Å². The summed E-state index contributed by atoms with van der Waals surface area (Å²) in [6.07, 6.45) is 0. The summed E-state index contributed by atoms with van der Waals surface area (Å²) in [5, 5.41) is 0. The molecule has 70 valence electrons. The average molecular weight is 188 g/mol. The molecule has 0 N–H and O–H groups in total. The first-order valence-electron chi connectivity index (χ1n) is 4.18. The molecule has 3 nitrogen and oxygen atoms in total. The highest BCUT2D eigenvalue weighted by Crippen LogP contribution is 2.16. The van der Waals surface area contributed by atoms with Crippen molar-refractivity contribution < 1.29 is 4.79 Å². The van der Waals surface area contributed by atoms with Crippen LogP contribution >= 0.6 is 11.8 Å². The van der Waals surface area contributed by atoms with Crippen LogP contribution in [0.4, 0.5) is 4.79 Å². The molecule has 1 aliphatic rings. The number of rotatable bonds is 0. The molecule has 0 aromatic carbocycles. The molecule has 2 amide bonds. The Bertz CT molecular complexity index is 172. The van der Waals surface area contributed by atoms with Gasteiger partial charge in [-0.25, -0.2) is 4.79 Å². The van der Waals surface area contributed by atoms with Crippen LogP contribution in [-0.4, -0.2) is 54.0 Å². The van der Waals surface area contributed by atoms with Gasteiger partial charge in [0.2, 0.25) is 0 Å². The van der Waals surface area contributed by atoms with Crippen LogP contribution in [0, 0.1) is 0 Å². The summed E-state index contributed by atoms with van der Waals surface area (Å²) in [6, 6.07) is 0.529. The largest absolute Gasteiger partial charge is 0.331 e. The molecule has 0 spiro atoms. The Morgan fingerprint density at radius 1 is 1.58 bits per heavy atom. The van der Waals surface area contributed by atoms with E-state index < -0.39 is 0 Å². The van der Waals surface area contributed by atoms with Crippen LogP contribution in [0.5, 0.6) is 0 Å². The summed E-state index contributed by atoms with van der Waals surface area (Å²) in [6.45, 7) is 3.00. The van der Waals surface area contributed by atoms with Gasteiger partial charge in [0.15, 0.2) is 0 Å². The Morgan fingerprint density at radius 3 is 2.75 bits per heavy atom. The van der Waals surface area contributed by atoms with E-state index in [2.05, 4.69) is 6.92 Å². The van der Waals surface area contributed by atoms with Crippen LogP contribution < -0.4 is 0 Å². The van der Waals surface area contributed by atoms with Gasteiger partial charge < -0.3 is 9.80 Å². The highest BCUT2D eigenvalue weighted by atomic mass is 32.2. The van der Waals surface area contributed by atoms with Crippen molar-refractivity contribution in [2.45, 2.75) is 13.0 Å². The monoisotopic (exact) mass is 188 g/mol.